The Hall–Kier alpha value is -2.24. The van der Waals surface area contributed by atoms with E-state index < -0.39 is 12.0 Å². The number of piperidine rings is 1. The lowest BCUT2D eigenvalue weighted by molar-refractivity contribution is -0.144. The Morgan fingerprint density at radius 1 is 1.22 bits per heavy atom. The summed E-state index contributed by atoms with van der Waals surface area (Å²) >= 11 is 0. The second kappa shape index (κ2) is 6.89. The number of ether oxygens (including phenoxy) is 2. The second-order valence-corrected chi connectivity index (χ2v) is 6.00. The topological polar surface area (TPSA) is 76.1 Å². The summed E-state index contributed by atoms with van der Waals surface area (Å²) < 4.78 is 10.5. The molecule has 126 valence electrons. The van der Waals surface area contributed by atoms with E-state index in [0.29, 0.717) is 35.9 Å². The van der Waals surface area contributed by atoms with E-state index in [1.165, 1.54) is 19.1 Å². The number of methoxy groups -OCH3 is 2. The van der Waals surface area contributed by atoms with E-state index in [1.54, 1.807) is 19.1 Å². The highest BCUT2D eigenvalue weighted by Crippen LogP contribution is 2.32. The summed E-state index contributed by atoms with van der Waals surface area (Å²) in [6.07, 6.45) is 1.29. The maximum Gasteiger partial charge on any atom is 0.326 e. The fraction of sp³-hybridized carbons (Fsp3) is 0.529. The molecule has 1 fully saturated rings. The first kappa shape index (κ1) is 17.1. The number of hydrogen-bond acceptors (Lipinski definition) is 4. The SMILES string of the molecule is COc1cc(C)c(C(=O)N2CCC(C)CC2C(=O)O)cc1OC. The standard InChI is InChI=1S/C17H23NO5/c1-10-5-6-18(13(7-10)17(20)21)16(19)12-9-15(23-4)14(22-3)8-11(12)2/h8-10,13H,5-7H2,1-4H3,(H,20,21). The Labute approximate surface area is 136 Å². The number of carboxylic acids is 1. The number of rotatable bonds is 4. The molecule has 1 amide bonds. The van der Waals surface area contributed by atoms with Gasteiger partial charge in [-0.05, 0) is 43.4 Å². The smallest absolute Gasteiger partial charge is 0.326 e. The molecule has 0 radical (unpaired) electrons. The fourth-order valence-electron chi connectivity index (χ4n) is 2.98. The van der Waals surface area contributed by atoms with Crippen LogP contribution in [0.5, 0.6) is 11.5 Å². The Bertz CT molecular complexity index is 613. The van der Waals surface area contributed by atoms with Crippen LogP contribution < -0.4 is 9.47 Å². The number of likely N-dealkylation sites (tertiary alicyclic amines) is 1. The molecular formula is C17H23NO5. The summed E-state index contributed by atoms with van der Waals surface area (Å²) in [6, 6.07) is 2.57. The van der Waals surface area contributed by atoms with E-state index in [4.69, 9.17) is 9.47 Å². The van der Waals surface area contributed by atoms with E-state index in [0.717, 1.165) is 12.0 Å². The minimum Gasteiger partial charge on any atom is -0.493 e. The van der Waals surface area contributed by atoms with Gasteiger partial charge in [0.2, 0.25) is 0 Å². The molecular weight excluding hydrogens is 298 g/mol. The molecule has 1 aromatic carbocycles. The third kappa shape index (κ3) is 3.41. The van der Waals surface area contributed by atoms with Gasteiger partial charge in [-0.1, -0.05) is 6.92 Å². The van der Waals surface area contributed by atoms with E-state index in [2.05, 4.69) is 0 Å². The van der Waals surface area contributed by atoms with Crippen molar-refractivity contribution in [1.29, 1.82) is 0 Å². The van der Waals surface area contributed by atoms with Crippen molar-refractivity contribution in [3.05, 3.63) is 23.3 Å². The van der Waals surface area contributed by atoms with E-state index >= 15 is 0 Å². The predicted molar refractivity (Wildman–Crippen MR) is 85.1 cm³/mol. The van der Waals surface area contributed by atoms with Crippen molar-refractivity contribution in [1.82, 2.24) is 4.90 Å². The van der Waals surface area contributed by atoms with Gasteiger partial charge < -0.3 is 19.5 Å². The van der Waals surface area contributed by atoms with Gasteiger partial charge in [0.25, 0.3) is 5.91 Å². The number of aryl methyl sites for hydroxylation is 1. The number of amides is 1. The first-order valence-corrected chi connectivity index (χ1v) is 7.65. The van der Waals surface area contributed by atoms with Crippen LogP contribution in [0.3, 0.4) is 0 Å². The number of carbonyl (C=O) groups is 2. The molecule has 2 atom stereocenters. The fourth-order valence-corrected chi connectivity index (χ4v) is 2.98. The van der Waals surface area contributed by atoms with Gasteiger partial charge in [-0.2, -0.15) is 0 Å². The van der Waals surface area contributed by atoms with Gasteiger partial charge in [0, 0.05) is 12.1 Å². The van der Waals surface area contributed by atoms with Gasteiger partial charge in [-0.25, -0.2) is 4.79 Å². The zero-order valence-electron chi connectivity index (χ0n) is 14.0. The third-order valence-corrected chi connectivity index (χ3v) is 4.37. The average molecular weight is 321 g/mol. The molecule has 0 saturated carbocycles. The van der Waals surface area contributed by atoms with E-state index in [9.17, 15) is 14.7 Å². The zero-order chi connectivity index (χ0) is 17.1. The number of hydrogen-bond donors (Lipinski definition) is 1. The molecule has 0 aliphatic carbocycles. The summed E-state index contributed by atoms with van der Waals surface area (Å²) in [6.45, 7) is 4.27. The van der Waals surface area contributed by atoms with Crippen LogP contribution >= 0.6 is 0 Å². The molecule has 0 aromatic heterocycles. The Kier molecular flexibility index (Phi) is 5.13. The van der Waals surface area contributed by atoms with Gasteiger partial charge in [-0.15, -0.1) is 0 Å². The number of carboxylic acid groups (broad SMARTS) is 1. The molecule has 6 nitrogen and oxygen atoms in total. The molecule has 1 aliphatic heterocycles. The Morgan fingerprint density at radius 3 is 2.39 bits per heavy atom. The normalized spacial score (nSPS) is 21.0. The van der Waals surface area contributed by atoms with Crippen LogP contribution in [0.2, 0.25) is 0 Å². The van der Waals surface area contributed by atoms with E-state index in [1.807, 2.05) is 6.92 Å². The monoisotopic (exact) mass is 321 g/mol. The zero-order valence-corrected chi connectivity index (χ0v) is 14.0. The highest BCUT2D eigenvalue weighted by molar-refractivity contribution is 5.98. The Morgan fingerprint density at radius 2 is 1.83 bits per heavy atom. The first-order chi connectivity index (χ1) is 10.9. The first-order valence-electron chi connectivity index (χ1n) is 7.65. The lowest BCUT2D eigenvalue weighted by atomic mass is 9.91. The lowest BCUT2D eigenvalue weighted by Gasteiger charge is -2.36. The average Bonchev–Trinajstić information content (AvgIpc) is 2.53. The minimum absolute atomic E-state index is 0.275. The van der Waals surface area contributed by atoms with E-state index in [-0.39, 0.29) is 5.91 Å². The summed E-state index contributed by atoms with van der Waals surface area (Å²) in [7, 11) is 3.04. The van der Waals surface area contributed by atoms with Crippen LogP contribution in [-0.4, -0.2) is 48.7 Å². The van der Waals surface area contributed by atoms with Crippen molar-refractivity contribution in [3.63, 3.8) is 0 Å². The maximum absolute atomic E-state index is 12.9. The predicted octanol–water partition coefficient (Wildman–Crippen LogP) is 2.34. The van der Waals surface area contributed by atoms with Gasteiger partial charge in [0.1, 0.15) is 6.04 Å². The van der Waals surface area contributed by atoms with Gasteiger partial charge in [0.15, 0.2) is 11.5 Å². The van der Waals surface area contributed by atoms with Crippen LogP contribution in [0.1, 0.15) is 35.7 Å². The summed E-state index contributed by atoms with van der Waals surface area (Å²) in [5.41, 5.74) is 1.18. The Balaban J connectivity index is 2.37. The molecule has 1 heterocycles. The highest BCUT2D eigenvalue weighted by atomic mass is 16.5. The molecule has 1 saturated heterocycles. The summed E-state index contributed by atoms with van der Waals surface area (Å²) in [5.74, 6) is 0.0692. The second-order valence-electron chi connectivity index (χ2n) is 6.00. The minimum atomic E-state index is -0.956. The van der Waals surface area contributed by atoms with Crippen molar-refractivity contribution in [3.8, 4) is 11.5 Å². The number of nitrogens with zero attached hydrogens (tertiary/aromatic N) is 1. The highest BCUT2D eigenvalue weighted by Gasteiger charge is 2.35. The summed E-state index contributed by atoms with van der Waals surface area (Å²) in [5, 5.41) is 9.44. The van der Waals surface area contributed by atoms with Gasteiger partial charge in [-0.3, -0.25) is 4.79 Å². The van der Waals surface area contributed by atoms with Crippen LogP contribution in [0.4, 0.5) is 0 Å². The molecule has 0 spiro atoms. The van der Waals surface area contributed by atoms with Crippen molar-refractivity contribution in [2.45, 2.75) is 32.7 Å². The molecule has 23 heavy (non-hydrogen) atoms. The quantitative estimate of drug-likeness (QED) is 0.921. The third-order valence-electron chi connectivity index (χ3n) is 4.37. The van der Waals surface area contributed by atoms with Crippen LogP contribution in [0.25, 0.3) is 0 Å². The van der Waals surface area contributed by atoms with Crippen molar-refractivity contribution in [2.24, 2.45) is 5.92 Å². The molecule has 6 heteroatoms. The number of benzene rings is 1. The largest absolute Gasteiger partial charge is 0.493 e. The van der Waals surface area contributed by atoms with Crippen molar-refractivity contribution in [2.75, 3.05) is 20.8 Å². The molecule has 1 N–H and O–H groups in total. The van der Waals surface area contributed by atoms with Crippen molar-refractivity contribution < 1.29 is 24.2 Å². The molecule has 0 bridgehead atoms. The van der Waals surface area contributed by atoms with Crippen molar-refractivity contribution >= 4 is 11.9 Å². The molecule has 1 aromatic rings. The van der Waals surface area contributed by atoms with Crippen LogP contribution in [-0.2, 0) is 4.79 Å². The lowest BCUT2D eigenvalue weighted by Crippen LogP contribution is -2.49. The molecule has 2 rings (SSSR count). The van der Waals surface area contributed by atoms with Crippen LogP contribution in [0.15, 0.2) is 12.1 Å². The summed E-state index contributed by atoms with van der Waals surface area (Å²) in [4.78, 5) is 25.8. The number of carbonyl (C=O) groups excluding carboxylic acids is 1. The number of aliphatic carboxylic acids is 1. The molecule has 1 aliphatic rings. The van der Waals surface area contributed by atoms with Gasteiger partial charge in [0.05, 0.1) is 14.2 Å². The van der Waals surface area contributed by atoms with Gasteiger partial charge >= 0.3 is 5.97 Å². The molecule has 2 unspecified atom stereocenters. The maximum atomic E-state index is 12.9. The van der Waals surface area contributed by atoms with Crippen LogP contribution in [0, 0.1) is 12.8 Å².